The van der Waals surface area contributed by atoms with Gasteiger partial charge in [0.05, 0.1) is 5.41 Å². The van der Waals surface area contributed by atoms with E-state index in [1.165, 1.54) is 0 Å². The molecular weight excluding hydrogens is 204 g/mol. The van der Waals surface area contributed by atoms with Crippen molar-refractivity contribution in [3.63, 3.8) is 0 Å². The first-order chi connectivity index (χ1) is 7.67. The second-order valence-corrected chi connectivity index (χ2v) is 3.85. The second kappa shape index (κ2) is 5.66. The van der Waals surface area contributed by atoms with E-state index in [9.17, 15) is 9.90 Å². The van der Waals surface area contributed by atoms with Crippen molar-refractivity contribution in [3.8, 4) is 0 Å². The fourth-order valence-electron chi connectivity index (χ4n) is 1.94. The molecule has 1 atom stereocenters. The molecule has 3 heteroatoms. The number of aliphatic carboxylic acids is 1. The number of hydrogen-bond acceptors (Lipinski definition) is 2. The van der Waals surface area contributed by atoms with Gasteiger partial charge in [-0.1, -0.05) is 37.3 Å². The summed E-state index contributed by atoms with van der Waals surface area (Å²) < 4.78 is 5.01. The molecule has 0 fully saturated rings. The number of rotatable bonds is 6. The number of methoxy groups -OCH3 is 1. The molecule has 0 radical (unpaired) electrons. The van der Waals surface area contributed by atoms with E-state index in [0.717, 1.165) is 5.56 Å². The first-order valence-corrected chi connectivity index (χ1v) is 5.45. The largest absolute Gasteiger partial charge is 0.481 e. The fourth-order valence-corrected chi connectivity index (χ4v) is 1.94. The van der Waals surface area contributed by atoms with Crippen LogP contribution in [0.15, 0.2) is 30.3 Å². The highest BCUT2D eigenvalue weighted by molar-refractivity contribution is 5.81. The van der Waals surface area contributed by atoms with Gasteiger partial charge in [-0.3, -0.25) is 4.79 Å². The number of carboxylic acid groups (broad SMARTS) is 1. The first-order valence-electron chi connectivity index (χ1n) is 5.45. The van der Waals surface area contributed by atoms with E-state index in [1.54, 1.807) is 7.11 Å². The molecule has 1 aromatic carbocycles. The summed E-state index contributed by atoms with van der Waals surface area (Å²) in [6, 6.07) is 9.37. The third kappa shape index (κ3) is 2.42. The summed E-state index contributed by atoms with van der Waals surface area (Å²) in [6.45, 7) is 2.35. The van der Waals surface area contributed by atoms with Crippen LogP contribution in [0.2, 0.25) is 0 Å². The zero-order chi connectivity index (χ0) is 12.0. The highest BCUT2D eigenvalue weighted by atomic mass is 16.5. The molecule has 0 aliphatic rings. The predicted octanol–water partition coefficient (Wildman–Crippen LogP) is 2.46. The van der Waals surface area contributed by atoms with Crippen molar-refractivity contribution in [2.75, 3.05) is 13.7 Å². The van der Waals surface area contributed by atoms with Crippen LogP contribution in [0, 0.1) is 0 Å². The Balaban J connectivity index is 3.07. The molecule has 0 aromatic heterocycles. The van der Waals surface area contributed by atoms with Crippen molar-refractivity contribution < 1.29 is 14.6 Å². The third-order valence-electron chi connectivity index (χ3n) is 3.07. The van der Waals surface area contributed by atoms with Gasteiger partial charge in [0.25, 0.3) is 0 Å². The van der Waals surface area contributed by atoms with E-state index in [2.05, 4.69) is 0 Å². The Bertz CT molecular complexity index is 334. The van der Waals surface area contributed by atoms with Crippen LogP contribution >= 0.6 is 0 Å². The fraction of sp³-hybridized carbons (Fsp3) is 0.462. The van der Waals surface area contributed by atoms with Gasteiger partial charge in [0.1, 0.15) is 0 Å². The maximum absolute atomic E-state index is 11.5. The molecule has 0 heterocycles. The van der Waals surface area contributed by atoms with Crippen molar-refractivity contribution in [1.82, 2.24) is 0 Å². The normalized spacial score (nSPS) is 14.4. The average molecular weight is 222 g/mol. The molecule has 0 aliphatic carbocycles. The molecule has 0 amide bonds. The van der Waals surface area contributed by atoms with Gasteiger partial charge in [-0.2, -0.15) is 0 Å². The maximum atomic E-state index is 11.5. The van der Waals surface area contributed by atoms with Gasteiger partial charge in [-0.25, -0.2) is 0 Å². The quantitative estimate of drug-likeness (QED) is 0.804. The molecule has 1 aromatic rings. The van der Waals surface area contributed by atoms with Crippen LogP contribution in [0.25, 0.3) is 0 Å². The molecule has 0 bridgehead atoms. The number of hydrogen-bond donors (Lipinski definition) is 1. The van der Waals surface area contributed by atoms with Crippen LogP contribution < -0.4 is 0 Å². The van der Waals surface area contributed by atoms with Crippen molar-refractivity contribution in [1.29, 1.82) is 0 Å². The van der Waals surface area contributed by atoms with Crippen LogP contribution in [0.3, 0.4) is 0 Å². The van der Waals surface area contributed by atoms with E-state index in [-0.39, 0.29) is 0 Å². The Kier molecular flexibility index (Phi) is 4.50. The summed E-state index contributed by atoms with van der Waals surface area (Å²) in [5, 5.41) is 9.45. The average Bonchev–Trinajstić information content (AvgIpc) is 2.31. The first kappa shape index (κ1) is 12.7. The van der Waals surface area contributed by atoms with Crippen LogP contribution in [0.1, 0.15) is 25.3 Å². The van der Waals surface area contributed by atoms with E-state index < -0.39 is 11.4 Å². The van der Waals surface area contributed by atoms with Gasteiger partial charge in [0, 0.05) is 13.7 Å². The van der Waals surface area contributed by atoms with Crippen LogP contribution in [0.5, 0.6) is 0 Å². The van der Waals surface area contributed by atoms with Gasteiger partial charge < -0.3 is 9.84 Å². The summed E-state index contributed by atoms with van der Waals surface area (Å²) in [7, 11) is 1.59. The molecule has 0 saturated heterocycles. The molecule has 3 nitrogen and oxygen atoms in total. The number of carbonyl (C=O) groups is 1. The highest BCUT2D eigenvalue weighted by Gasteiger charge is 2.37. The molecule has 1 rings (SSSR count). The van der Waals surface area contributed by atoms with E-state index >= 15 is 0 Å². The lowest BCUT2D eigenvalue weighted by atomic mass is 9.75. The minimum atomic E-state index is -0.822. The molecule has 88 valence electrons. The van der Waals surface area contributed by atoms with Gasteiger partial charge in [-0.05, 0) is 18.4 Å². The third-order valence-corrected chi connectivity index (χ3v) is 3.07. The van der Waals surface area contributed by atoms with Gasteiger partial charge >= 0.3 is 5.97 Å². The monoisotopic (exact) mass is 222 g/mol. The second-order valence-electron chi connectivity index (χ2n) is 3.85. The zero-order valence-electron chi connectivity index (χ0n) is 9.77. The summed E-state index contributed by atoms with van der Waals surface area (Å²) in [6.07, 6.45) is 1.06. The van der Waals surface area contributed by atoms with Crippen molar-refractivity contribution >= 4 is 5.97 Å². The lowest BCUT2D eigenvalue weighted by Crippen LogP contribution is -2.36. The van der Waals surface area contributed by atoms with Crippen LogP contribution in [-0.4, -0.2) is 24.8 Å². The van der Waals surface area contributed by atoms with E-state index in [0.29, 0.717) is 19.4 Å². The molecular formula is C13H18O3. The molecule has 0 aliphatic heterocycles. The predicted molar refractivity (Wildman–Crippen MR) is 62.5 cm³/mol. The van der Waals surface area contributed by atoms with Crippen molar-refractivity contribution in [3.05, 3.63) is 35.9 Å². The Morgan fingerprint density at radius 1 is 1.38 bits per heavy atom. The molecule has 1 unspecified atom stereocenters. The topological polar surface area (TPSA) is 46.5 Å². The number of carboxylic acids is 1. The minimum Gasteiger partial charge on any atom is -0.481 e. The lowest BCUT2D eigenvalue weighted by Gasteiger charge is -2.28. The number of benzene rings is 1. The Morgan fingerprint density at radius 3 is 2.44 bits per heavy atom. The molecule has 0 saturated carbocycles. The number of ether oxygens (including phenoxy) is 1. The van der Waals surface area contributed by atoms with E-state index in [4.69, 9.17) is 4.74 Å². The maximum Gasteiger partial charge on any atom is 0.314 e. The van der Waals surface area contributed by atoms with Gasteiger partial charge in [0.2, 0.25) is 0 Å². The highest BCUT2D eigenvalue weighted by Crippen LogP contribution is 2.32. The Labute approximate surface area is 96.1 Å². The smallest absolute Gasteiger partial charge is 0.314 e. The lowest BCUT2D eigenvalue weighted by molar-refractivity contribution is -0.144. The molecule has 16 heavy (non-hydrogen) atoms. The minimum absolute atomic E-state index is 0.453. The van der Waals surface area contributed by atoms with Crippen LogP contribution in [0.4, 0.5) is 0 Å². The van der Waals surface area contributed by atoms with Gasteiger partial charge in [0.15, 0.2) is 0 Å². The summed E-state index contributed by atoms with van der Waals surface area (Å²) in [5.74, 6) is -0.779. The SMILES string of the molecule is CCC(CCOC)(C(=O)O)c1ccccc1. The van der Waals surface area contributed by atoms with Crippen molar-refractivity contribution in [2.45, 2.75) is 25.2 Å². The van der Waals surface area contributed by atoms with E-state index in [1.807, 2.05) is 37.3 Å². The summed E-state index contributed by atoms with van der Waals surface area (Å²) in [4.78, 5) is 11.5. The van der Waals surface area contributed by atoms with Crippen LogP contribution in [-0.2, 0) is 14.9 Å². The molecule has 0 spiro atoms. The Hall–Kier alpha value is -1.35. The summed E-state index contributed by atoms with van der Waals surface area (Å²) in [5.41, 5.74) is 0.0270. The standard InChI is InChI=1S/C13H18O3/c1-3-13(12(14)15,9-10-16-2)11-7-5-4-6-8-11/h4-8H,3,9-10H2,1-2H3,(H,14,15). The summed E-state index contributed by atoms with van der Waals surface area (Å²) >= 11 is 0. The molecule has 1 N–H and O–H groups in total. The van der Waals surface area contributed by atoms with Crippen molar-refractivity contribution in [2.24, 2.45) is 0 Å². The zero-order valence-corrected chi connectivity index (χ0v) is 9.77. The van der Waals surface area contributed by atoms with Gasteiger partial charge in [-0.15, -0.1) is 0 Å². The Morgan fingerprint density at radius 2 is 2.00 bits per heavy atom.